The Kier molecular flexibility index (Phi) is 3.89. The number of hydrogen-bond donors (Lipinski definition) is 2. The Morgan fingerprint density at radius 3 is 2.84 bits per heavy atom. The first-order chi connectivity index (χ1) is 8.94. The summed E-state index contributed by atoms with van der Waals surface area (Å²) in [6.07, 6.45) is 3.02. The Hall–Kier alpha value is -1.43. The molecule has 2 rings (SSSR count). The van der Waals surface area contributed by atoms with Crippen molar-refractivity contribution in [3.05, 3.63) is 11.7 Å². The Morgan fingerprint density at radius 2 is 2.26 bits per heavy atom. The summed E-state index contributed by atoms with van der Waals surface area (Å²) in [7, 11) is 0. The number of aryl methyl sites for hydroxylation is 1. The highest BCUT2D eigenvalue weighted by Crippen LogP contribution is 2.32. The van der Waals surface area contributed by atoms with Gasteiger partial charge in [-0.05, 0) is 39.2 Å². The van der Waals surface area contributed by atoms with Crippen molar-refractivity contribution in [2.24, 2.45) is 17.6 Å². The van der Waals surface area contributed by atoms with Crippen molar-refractivity contribution in [2.45, 2.75) is 45.6 Å². The van der Waals surface area contributed by atoms with Gasteiger partial charge in [0, 0.05) is 12.8 Å². The lowest BCUT2D eigenvalue weighted by Gasteiger charge is -2.26. The quantitative estimate of drug-likeness (QED) is 0.851. The molecule has 19 heavy (non-hydrogen) atoms. The monoisotopic (exact) mass is 266 g/mol. The van der Waals surface area contributed by atoms with Crippen LogP contribution in [0.15, 0.2) is 4.52 Å². The van der Waals surface area contributed by atoms with Crippen molar-refractivity contribution in [3.63, 3.8) is 0 Å². The molecule has 0 saturated heterocycles. The number of carbonyl (C=O) groups is 1. The van der Waals surface area contributed by atoms with Crippen LogP contribution in [-0.2, 0) is 10.3 Å². The molecule has 0 aliphatic heterocycles. The van der Waals surface area contributed by atoms with E-state index in [9.17, 15) is 4.79 Å². The SMILES string of the molecule is Cc1nc(C(C)(C)NC(=O)[C@@H]2CCC[C@@H]2CN)no1. The molecule has 106 valence electrons. The number of carbonyl (C=O) groups excluding carboxylic acids is 1. The molecule has 6 heteroatoms. The summed E-state index contributed by atoms with van der Waals surface area (Å²) in [5.41, 5.74) is 5.09. The number of rotatable bonds is 4. The van der Waals surface area contributed by atoms with E-state index in [0.717, 1.165) is 19.3 Å². The van der Waals surface area contributed by atoms with Gasteiger partial charge < -0.3 is 15.6 Å². The van der Waals surface area contributed by atoms with E-state index in [2.05, 4.69) is 15.5 Å². The fourth-order valence-electron chi connectivity index (χ4n) is 2.67. The van der Waals surface area contributed by atoms with Crippen LogP contribution in [0.25, 0.3) is 0 Å². The zero-order valence-corrected chi connectivity index (χ0v) is 11.8. The largest absolute Gasteiger partial charge is 0.344 e. The molecule has 1 aromatic rings. The molecule has 0 unspecified atom stereocenters. The minimum absolute atomic E-state index is 0.0114. The van der Waals surface area contributed by atoms with Crippen LogP contribution in [0.2, 0.25) is 0 Å². The summed E-state index contributed by atoms with van der Waals surface area (Å²) in [6, 6.07) is 0. The van der Waals surface area contributed by atoms with Gasteiger partial charge in [0.25, 0.3) is 0 Å². The standard InChI is InChI=1S/C13H22N4O2/c1-8-15-12(17-19-8)13(2,3)16-11(18)10-6-4-5-9(10)7-14/h9-10H,4-7,14H2,1-3H3,(H,16,18)/t9-,10-/m1/s1. The molecule has 1 aliphatic rings. The van der Waals surface area contributed by atoms with Gasteiger partial charge in [0.2, 0.25) is 11.8 Å². The highest BCUT2D eigenvalue weighted by atomic mass is 16.5. The molecule has 1 aromatic heterocycles. The second-order valence-electron chi connectivity index (χ2n) is 5.78. The maximum atomic E-state index is 12.4. The lowest BCUT2D eigenvalue weighted by atomic mass is 9.93. The Morgan fingerprint density at radius 1 is 1.53 bits per heavy atom. The molecule has 6 nitrogen and oxygen atoms in total. The minimum Gasteiger partial charge on any atom is -0.344 e. The van der Waals surface area contributed by atoms with Crippen LogP contribution >= 0.6 is 0 Å². The number of aromatic nitrogens is 2. The van der Waals surface area contributed by atoms with E-state index < -0.39 is 5.54 Å². The van der Waals surface area contributed by atoms with Crippen LogP contribution in [-0.4, -0.2) is 22.6 Å². The van der Waals surface area contributed by atoms with Gasteiger partial charge in [-0.2, -0.15) is 4.98 Å². The van der Waals surface area contributed by atoms with Gasteiger partial charge in [0.05, 0.1) is 5.54 Å². The first-order valence-electron chi connectivity index (χ1n) is 6.77. The van der Waals surface area contributed by atoms with Gasteiger partial charge in [-0.3, -0.25) is 4.79 Å². The third-order valence-corrected chi connectivity index (χ3v) is 3.82. The summed E-state index contributed by atoms with van der Waals surface area (Å²) >= 11 is 0. The number of hydrogen-bond acceptors (Lipinski definition) is 5. The second kappa shape index (κ2) is 5.28. The van der Waals surface area contributed by atoms with Gasteiger partial charge in [-0.25, -0.2) is 0 Å². The maximum Gasteiger partial charge on any atom is 0.224 e. The topological polar surface area (TPSA) is 94.0 Å². The fourth-order valence-corrected chi connectivity index (χ4v) is 2.67. The minimum atomic E-state index is -0.628. The molecule has 0 bridgehead atoms. The molecule has 1 heterocycles. The molecule has 0 radical (unpaired) electrons. The molecule has 3 N–H and O–H groups in total. The summed E-state index contributed by atoms with van der Waals surface area (Å²) in [5, 5.41) is 6.89. The first-order valence-corrected chi connectivity index (χ1v) is 6.77. The van der Waals surface area contributed by atoms with Gasteiger partial charge in [0.1, 0.15) is 0 Å². The Bertz CT molecular complexity index is 455. The lowest BCUT2D eigenvalue weighted by Crippen LogP contribution is -2.46. The predicted molar refractivity (Wildman–Crippen MR) is 70.1 cm³/mol. The zero-order valence-electron chi connectivity index (χ0n) is 11.8. The van der Waals surface area contributed by atoms with Crippen molar-refractivity contribution < 1.29 is 9.32 Å². The zero-order chi connectivity index (χ0) is 14.0. The molecule has 1 fully saturated rings. The van der Waals surface area contributed by atoms with Crippen molar-refractivity contribution in [3.8, 4) is 0 Å². The smallest absolute Gasteiger partial charge is 0.224 e. The number of nitrogens with two attached hydrogens (primary N) is 1. The van der Waals surface area contributed by atoms with E-state index in [0.29, 0.717) is 24.2 Å². The Labute approximate surface area is 113 Å². The van der Waals surface area contributed by atoms with E-state index in [-0.39, 0.29) is 11.8 Å². The van der Waals surface area contributed by atoms with Crippen molar-refractivity contribution in [1.82, 2.24) is 15.5 Å². The first kappa shape index (κ1) is 14.0. The third-order valence-electron chi connectivity index (χ3n) is 3.82. The second-order valence-corrected chi connectivity index (χ2v) is 5.78. The Balaban J connectivity index is 2.05. The van der Waals surface area contributed by atoms with Gasteiger partial charge in [0.15, 0.2) is 5.82 Å². The molecule has 0 aromatic carbocycles. The molecule has 0 spiro atoms. The van der Waals surface area contributed by atoms with E-state index in [1.54, 1.807) is 6.92 Å². The van der Waals surface area contributed by atoms with Crippen LogP contribution < -0.4 is 11.1 Å². The summed E-state index contributed by atoms with van der Waals surface area (Å²) in [4.78, 5) is 16.5. The number of nitrogens with one attached hydrogen (secondary N) is 1. The fraction of sp³-hybridized carbons (Fsp3) is 0.769. The van der Waals surface area contributed by atoms with Crippen LogP contribution in [0.1, 0.15) is 44.8 Å². The average molecular weight is 266 g/mol. The third kappa shape index (κ3) is 2.94. The predicted octanol–water partition coefficient (Wildman–Crippen LogP) is 1.10. The maximum absolute atomic E-state index is 12.4. The number of nitrogens with zero attached hydrogens (tertiary/aromatic N) is 2. The van der Waals surface area contributed by atoms with E-state index >= 15 is 0 Å². The highest BCUT2D eigenvalue weighted by Gasteiger charge is 2.36. The van der Waals surface area contributed by atoms with E-state index in [4.69, 9.17) is 10.3 Å². The van der Waals surface area contributed by atoms with Crippen LogP contribution in [0.3, 0.4) is 0 Å². The molecule has 2 atom stereocenters. The summed E-state index contributed by atoms with van der Waals surface area (Å²) in [6.45, 7) is 6.05. The van der Waals surface area contributed by atoms with Gasteiger partial charge in [-0.15, -0.1) is 0 Å². The molecule has 1 aliphatic carbocycles. The highest BCUT2D eigenvalue weighted by molar-refractivity contribution is 5.80. The van der Waals surface area contributed by atoms with Crippen LogP contribution in [0.4, 0.5) is 0 Å². The summed E-state index contributed by atoms with van der Waals surface area (Å²) in [5.74, 6) is 1.35. The number of amides is 1. The van der Waals surface area contributed by atoms with Crippen LogP contribution in [0, 0.1) is 18.8 Å². The molecular weight excluding hydrogens is 244 g/mol. The van der Waals surface area contributed by atoms with E-state index in [1.165, 1.54) is 0 Å². The average Bonchev–Trinajstić information content (AvgIpc) is 2.96. The van der Waals surface area contributed by atoms with Crippen molar-refractivity contribution >= 4 is 5.91 Å². The van der Waals surface area contributed by atoms with Gasteiger partial charge >= 0.3 is 0 Å². The van der Waals surface area contributed by atoms with E-state index in [1.807, 2.05) is 13.8 Å². The van der Waals surface area contributed by atoms with Crippen LogP contribution in [0.5, 0.6) is 0 Å². The summed E-state index contributed by atoms with van der Waals surface area (Å²) < 4.78 is 4.97. The normalized spacial score (nSPS) is 23.6. The molecule has 1 amide bonds. The molecule has 1 saturated carbocycles. The van der Waals surface area contributed by atoms with Crippen molar-refractivity contribution in [2.75, 3.05) is 6.54 Å². The van der Waals surface area contributed by atoms with Crippen molar-refractivity contribution in [1.29, 1.82) is 0 Å². The lowest BCUT2D eigenvalue weighted by molar-refractivity contribution is -0.127. The van der Waals surface area contributed by atoms with Gasteiger partial charge in [-0.1, -0.05) is 11.6 Å². The molecular formula is C13H22N4O2.